The molecule has 0 saturated heterocycles. The first-order valence-corrected chi connectivity index (χ1v) is 5.91. The summed E-state index contributed by atoms with van der Waals surface area (Å²) in [5, 5.41) is 0. The maximum Gasteiger partial charge on any atom is 0.416 e. The lowest BCUT2D eigenvalue weighted by atomic mass is 9.97. The predicted molar refractivity (Wildman–Crippen MR) is 67.0 cm³/mol. The number of nitrogens with two attached hydrogens (primary N) is 1. The smallest absolute Gasteiger partial charge is 0.271 e. The Labute approximate surface area is 117 Å². The number of hydrazine groups is 1. The maximum absolute atomic E-state index is 13.7. The van der Waals surface area contributed by atoms with Gasteiger partial charge < -0.3 is 0 Å². The van der Waals surface area contributed by atoms with Crippen molar-refractivity contribution in [3.05, 3.63) is 70.8 Å². The van der Waals surface area contributed by atoms with Crippen molar-refractivity contribution >= 4 is 0 Å². The number of nitrogens with one attached hydrogen (secondary N) is 1. The summed E-state index contributed by atoms with van der Waals surface area (Å²) in [6.45, 7) is 0. The van der Waals surface area contributed by atoms with Crippen LogP contribution in [0.1, 0.15) is 22.7 Å². The Morgan fingerprint density at radius 1 is 1.00 bits per heavy atom. The topological polar surface area (TPSA) is 38.0 Å². The second-order valence-electron chi connectivity index (χ2n) is 4.39. The van der Waals surface area contributed by atoms with Gasteiger partial charge in [-0.25, -0.2) is 14.2 Å². The zero-order chi connectivity index (χ0) is 15.6. The van der Waals surface area contributed by atoms with Gasteiger partial charge in [-0.2, -0.15) is 13.2 Å². The van der Waals surface area contributed by atoms with Crippen LogP contribution >= 0.6 is 0 Å². The van der Waals surface area contributed by atoms with Crippen LogP contribution in [0.3, 0.4) is 0 Å². The zero-order valence-corrected chi connectivity index (χ0v) is 10.6. The van der Waals surface area contributed by atoms with Gasteiger partial charge in [0, 0.05) is 5.56 Å². The molecule has 1 atom stereocenters. The van der Waals surface area contributed by atoms with Crippen molar-refractivity contribution in [1.82, 2.24) is 5.43 Å². The third-order valence-electron chi connectivity index (χ3n) is 2.98. The molecule has 0 spiro atoms. The molecule has 112 valence electrons. The molecule has 3 N–H and O–H groups in total. The molecular formula is C14H11F5N2. The van der Waals surface area contributed by atoms with Crippen molar-refractivity contribution in [2.75, 3.05) is 0 Å². The van der Waals surface area contributed by atoms with E-state index in [0.29, 0.717) is 0 Å². The predicted octanol–water partition coefficient (Wildman–Crippen LogP) is 3.54. The Hall–Kier alpha value is -1.99. The highest BCUT2D eigenvalue weighted by Gasteiger charge is 2.31. The molecule has 0 fully saturated rings. The fourth-order valence-electron chi connectivity index (χ4n) is 2.00. The van der Waals surface area contributed by atoms with E-state index in [1.165, 1.54) is 12.1 Å². The molecule has 0 aromatic heterocycles. The highest BCUT2D eigenvalue weighted by Crippen LogP contribution is 2.32. The van der Waals surface area contributed by atoms with Gasteiger partial charge in [0.15, 0.2) is 0 Å². The number of rotatable bonds is 3. The number of halogens is 5. The Kier molecular flexibility index (Phi) is 4.24. The van der Waals surface area contributed by atoms with Crippen LogP contribution < -0.4 is 11.3 Å². The first kappa shape index (κ1) is 15.4. The normalized spacial score (nSPS) is 13.2. The Bertz CT molecular complexity index is 640. The van der Waals surface area contributed by atoms with Gasteiger partial charge in [-0.15, -0.1) is 0 Å². The van der Waals surface area contributed by atoms with Crippen LogP contribution in [0.15, 0.2) is 42.5 Å². The summed E-state index contributed by atoms with van der Waals surface area (Å²) in [5.41, 5.74) is 1.23. The van der Waals surface area contributed by atoms with Crippen molar-refractivity contribution in [3.8, 4) is 0 Å². The summed E-state index contributed by atoms with van der Waals surface area (Å²) in [7, 11) is 0. The van der Waals surface area contributed by atoms with E-state index in [1.807, 2.05) is 0 Å². The minimum atomic E-state index is -4.53. The molecule has 0 amide bonds. The molecule has 0 heterocycles. The summed E-state index contributed by atoms with van der Waals surface area (Å²) < 4.78 is 65.0. The Morgan fingerprint density at radius 2 is 1.71 bits per heavy atom. The van der Waals surface area contributed by atoms with Crippen LogP contribution in [0.4, 0.5) is 22.0 Å². The first-order chi connectivity index (χ1) is 9.82. The molecule has 0 saturated carbocycles. The molecule has 0 aliphatic heterocycles. The van der Waals surface area contributed by atoms with Crippen molar-refractivity contribution in [2.24, 2.45) is 5.84 Å². The number of hydrogen-bond donors (Lipinski definition) is 2. The second-order valence-corrected chi connectivity index (χ2v) is 4.39. The number of hydrogen-bond acceptors (Lipinski definition) is 2. The van der Waals surface area contributed by atoms with E-state index in [-0.39, 0.29) is 11.1 Å². The van der Waals surface area contributed by atoms with Gasteiger partial charge in [0.05, 0.1) is 11.6 Å². The lowest BCUT2D eigenvalue weighted by Gasteiger charge is -2.19. The average molecular weight is 302 g/mol. The fraction of sp³-hybridized carbons (Fsp3) is 0.143. The molecule has 2 aromatic rings. The van der Waals surface area contributed by atoms with Crippen LogP contribution in [0, 0.1) is 11.6 Å². The van der Waals surface area contributed by atoms with Crippen molar-refractivity contribution < 1.29 is 22.0 Å². The minimum absolute atomic E-state index is 0.0804. The molecule has 1 unspecified atom stereocenters. The molecule has 0 radical (unpaired) electrons. The van der Waals surface area contributed by atoms with Gasteiger partial charge in [0.25, 0.3) is 0 Å². The lowest BCUT2D eigenvalue weighted by Crippen LogP contribution is -2.30. The van der Waals surface area contributed by atoms with Crippen LogP contribution in [-0.2, 0) is 6.18 Å². The van der Waals surface area contributed by atoms with Crippen molar-refractivity contribution in [2.45, 2.75) is 12.2 Å². The Balaban J connectivity index is 2.49. The molecule has 2 rings (SSSR count). The first-order valence-electron chi connectivity index (χ1n) is 5.91. The van der Waals surface area contributed by atoms with Gasteiger partial charge in [-0.3, -0.25) is 5.84 Å². The minimum Gasteiger partial charge on any atom is -0.271 e. The van der Waals surface area contributed by atoms with Crippen molar-refractivity contribution in [1.29, 1.82) is 0 Å². The van der Waals surface area contributed by atoms with E-state index < -0.39 is 29.4 Å². The Morgan fingerprint density at radius 3 is 2.33 bits per heavy atom. The van der Waals surface area contributed by atoms with Gasteiger partial charge in [0.2, 0.25) is 0 Å². The van der Waals surface area contributed by atoms with Crippen LogP contribution in [-0.4, -0.2) is 0 Å². The SMILES string of the molecule is NNC(c1cccc(C(F)(F)F)c1)c1cc(F)ccc1F. The molecule has 7 heteroatoms. The van der Waals surface area contributed by atoms with Crippen LogP contribution in [0.2, 0.25) is 0 Å². The summed E-state index contributed by atoms with van der Waals surface area (Å²) in [5.74, 6) is 3.82. The summed E-state index contributed by atoms with van der Waals surface area (Å²) in [6.07, 6.45) is -4.53. The molecular weight excluding hydrogens is 291 g/mol. The van der Waals surface area contributed by atoms with Gasteiger partial charge in [-0.1, -0.05) is 12.1 Å². The third kappa shape index (κ3) is 3.37. The standard InChI is InChI=1S/C14H11F5N2/c15-10-4-5-12(16)11(7-10)13(21-20)8-2-1-3-9(6-8)14(17,18)19/h1-7,13,21H,20H2. The van der Waals surface area contributed by atoms with Crippen LogP contribution in [0.25, 0.3) is 0 Å². The van der Waals surface area contributed by atoms with Crippen molar-refractivity contribution in [3.63, 3.8) is 0 Å². The van der Waals surface area contributed by atoms with Gasteiger partial charge in [0.1, 0.15) is 11.6 Å². The highest BCUT2D eigenvalue weighted by molar-refractivity contribution is 5.36. The number of alkyl halides is 3. The average Bonchev–Trinajstić information content (AvgIpc) is 2.43. The zero-order valence-electron chi connectivity index (χ0n) is 10.6. The maximum atomic E-state index is 13.7. The monoisotopic (exact) mass is 302 g/mol. The molecule has 0 aliphatic rings. The second kappa shape index (κ2) is 5.79. The summed E-state index contributed by atoms with van der Waals surface area (Å²) >= 11 is 0. The van der Waals surface area contributed by atoms with E-state index in [9.17, 15) is 22.0 Å². The largest absolute Gasteiger partial charge is 0.416 e. The molecule has 0 aliphatic carbocycles. The van der Waals surface area contributed by atoms with Crippen LogP contribution in [0.5, 0.6) is 0 Å². The molecule has 2 aromatic carbocycles. The van der Waals surface area contributed by atoms with Gasteiger partial charge >= 0.3 is 6.18 Å². The number of benzene rings is 2. The molecule has 0 bridgehead atoms. The molecule has 21 heavy (non-hydrogen) atoms. The lowest BCUT2D eigenvalue weighted by molar-refractivity contribution is -0.137. The highest BCUT2D eigenvalue weighted by atomic mass is 19.4. The summed E-state index contributed by atoms with van der Waals surface area (Å²) in [4.78, 5) is 0. The van der Waals surface area contributed by atoms with E-state index in [2.05, 4.69) is 5.43 Å². The quantitative estimate of drug-likeness (QED) is 0.517. The van der Waals surface area contributed by atoms with E-state index in [1.54, 1.807) is 0 Å². The van der Waals surface area contributed by atoms with E-state index >= 15 is 0 Å². The summed E-state index contributed by atoms with van der Waals surface area (Å²) in [6, 6.07) is 5.86. The third-order valence-corrected chi connectivity index (χ3v) is 2.98. The molecule has 2 nitrogen and oxygen atoms in total. The fourth-order valence-corrected chi connectivity index (χ4v) is 2.00. The van der Waals surface area contributed by atoms with Gasteiger partial charge in [-0.05, 0) is 35.9 Å². The van der Waals surface area contributed by atoms with E-state index in [4.69, 9.17) is 5.84 Å². The van der Waals surface area contributed by atoms with E-state index in [0.717, 1.165) is 30.3 Å².